The molecule has 0 radical (unpaired) electrons. The summed E-state index contributed by atoms with van der Waals surface area (Å²) in [5.41, 5.74) is 1.11. The summed E-state index contributed by atoms with van der Waals surface area (Å²) in [6.45, 7) is 6.53. The number of unbranched alkanes of at least 4 members (excludes halogenated alkanes) is 6. The van der Waals surface area contributed by atoms with Gasteiger partial charge in [-0.05, 0) is 24.8 Å². The van der Waals surface area contributed by atoms with Gasteiger partial charge in [0.05, 0.1) is 5.92 Å². The standard InChI is InChI=1S/C23H38O2/c1-4-7-9-12-18-21(19-13-10-8-5-2)23(24)25-22(6-3)20-16-14-11-15-17-20/h11,14-17,21-22H,4-10,12-13,18-19H2,1-3H3. The molecule has 0 aliphatic carbocycles. The predicted octanol–water partition coefficient (Wildman–Crippen LogP) is 7.24. The Kier molecular flexibility index (Phi) is 12.1. The highest BCUT2D eigenvalue weighted by Crippen LogP contribution is 2.26. The molecule has 0 saturated heterocycles. The van der Waals surface area contributed by atoms with Gasteiger partial charge in [0.1, 0.15) is 6.10 Å². The highest BCUT2D eigenvalue weighted by atomic mass is 16.5. The van der Waals surface area contributed by atoms with Crippen molar-refractivity contribution >= 4 is 5.97 Å². The summed E-state index contributed by atoms with van der Waals surface area (Å²) >= 11 is 0. The minimum Gasteiger partial charge on any atom is -0.457 e. The van der Waals surface area contributed by atoms with E-state index in [1.165, 1.54) is 38.5 Å². The average Bonchev–Trinajstić information content (AvgIpc) is 2.65. The molecule has 0 saturated carbocycles. The van der Waals surface area contributed by atoms with Gasteiger partial charge in [0.2, 0.25) is 0 Å². The van der Waals surface area contributed by atoms with Crippen LogP contribution in [0.15, 0.2) is 30.3 Å². The summed E-state index contributed by atoms with van der Waals surface area (Å²) in [7, 11) is 0. The predicted molar refractivity (Wildman–Crippen MR) is 107 cm³/mol. The maximum absolute atomic E-state index is 12.8. The van der Waals surface area contributed by atoms with Crippen LogP contribution in [0.2, 0.25) is 0 Å². The second-order valence-corrected chi connectivity index (χ2v) is 7.14. The summed E-state index contributed by atoms with van der Waals surface area (Å²) in [5.74, 6) is 0.0928. The first kappa shape index (κ1) is 21.7. The van der Waals surface area contributed by atoms with E-state index in [9.17, 15) is 4.79 Å². The molecule has 2 nitrogen and oxygen atoms in total. The number of carbonyl (C=O) groups is 1. The number of esters is 1. The first-order valence-electron chi connectivity index (χ1n) is 10.5. The van der Waals surface area contributed by atoms with E-state index in [2.05, 4.69) is 32.9 Å². The zero-order chi connectivity index (χ0) is 18.3. The van der Waals surface area contributed by atoms with Crippen molar-refractivity contribution in [2.45, 2.75) is 97.5 Å². The number of ether oxygens (including phenoxy) is 1. The zero-order valence-electron chi connectivity index (χ0n) is 16.6. The minimum atomic E-state index is -0.109. The second kappa shape index (κ2) is 13.9. The largest absolute Gasteiger partial charge is 0.457 e. The molecular weight excluding hydrogens is 308 g/mol. The lowest BCUT2D eigenvalue weighted by Crippen LogP contribution is -2.20. The maximum Gasteiger partial charge on any atom is 0.309 e. The van der Waals surface area contributed by atoms with Crippen molar-refractivity contribution in [2.75, 3.05) is 0 Å². The zero-order valence-corrected chi connectivity index (χ0v) is 16.6. The second-order valence-electron chi connectivity index (χ2n) is 7.14. The van der Waals surface area contributed by atoms with Crippen LogP contribution in [0, 0.1) is 5.92 Å². The van der Waals surface area contributed by atoms with Crippen molar-refractivity contribution in [2.24, 2.45) is 5.92 Å². The quantitative estimate of drug-likeness (QED) is 0.262. The van der Waals surface area contributed by atoms with E-state index in [0.29, 0.717) is 0 Å². The molecule has 0 spiro atoms. The number of hydrogen-bond acceptors (Lipinski definition) is 2. The first-order valence-corrected chi connectivity index (χ1v) is 10.5. The summed E-state index contributed by atoms with van der Waals surface area (Å²) in [5, 5.41) is 0. The van der Waals surface area contributed by atoms with Gasteiger partial charge >= 0.3 is 5.97 Å². The highest BCUT2D eigenvalue weighted by Gasteiger charge is 2.23. The topological polar surface area (TPSA) is 26.3 Å². The van der Waals surface area contributed by atoms with Crippen molar-refractivity contribution in [1.29, 1.82) is 0 Å². The van der Waals surface area contributed by atoms with Gasteiger partial charge in [0, 0.05) is 0 Å². The average molecular weight is 347 g/mol. The van der Waals surface area contributed by atoms with Crippen LogP contribution in [0.25, 0.3) is 0 Å². The number of benzene rings is 1. The molecule has 1 rings (SSSR count). The lowest BCUT2D eigenvalue weighted by Gasteiger charge is -2.21. The molecule has 0 aromatic heterocycles. The lowest BCUT2D eigenvalue weighted by atomic mass is 9.94. The molecule has 1 unspecified atom stereocenters. The normalized spacial score (nSPS) is 12.3. The van der Waals surface area contributed by atoms with E-state index in [1.807, 2.05) is 18.2 Å². The molecule has 142 valence electrons. The number of rotatable bonds is 14. The molecule has 0 heterocycles. The first-order chi connectivity index (χ1) is 12.2. The summed E-state index contributed by atoms with van der Waals surface area (Å²) in [6, 6.07) is 10.1. The fraction of sp³-hybridized carbons (Fsp3) is 0.696. The summed E-state index contributed by atoms with van der Waals surface area (Å²) < 4.78 is 5.92. The summed E-state index contributed by atoms with van der Waals surface area (Å²) in [6.07, 6.45) is 12.4. The van der Waals surface area contributed by atoms with Crippen LogP contribution < -0.4 is 0 Å². The Morgan fingerprint density at radius 1 is 0.840 bits per heavy atom. The Labute approximate surface area is 155 Å². The molecule has 1 atom stereocenters. The van der Waals surface area contributed by atoms with Gasteiger partial charge in [-0.3, -0.25) is 4.79 Å². The van der Waals surface area contributed by atoms with Gasteiger partial charge in [0.25, 0.3) is 0 Å². The van der Waals surface area contributed by atoms with Gasteiger partial charge in [0.15, 0.2) is 0 Å². The Morgan fingerprint density at radius 3 is 1.88 bits per heavy atom. The van der Waals surface area contributed by atoms with E-state index in [-0.39, 0.29) is 18.0 Å². The monoisotopic (exact) mass is 346 g/mol. The molecular formula is C23H38O2. The third kappa shape index (κ3) is 9.09. The van der Waals surface area contributed by atoms with Crippen LogP contribution in [-0.2, 0) is 9.53 Å². The van der Waals surface area contributed by atoms with Crippen LogP contribution in [0.4, 0.5) is 0 Å². The lowest BCUT2D eigenvalue weighted by molar-refractivity contribution is -0.155. The maximum atomic E-state index is 12.8. The number of hydrogen-bond donors (Lipinski definition) is 0. The van der Waals surface area contributed by atoms with Gasteiger partial charge < -0.3 is 4.74 Å². The molecule has 0 aliphatic rings. The molecule has 0 fully saturated rings. The molecule has 0 N–H and O–H groups in total. The fourth-order valence-corrected chi connectivity index (χ4v) is 3.31. The van der Waals surface area contributed by atoms with Crippen LogP contribution in [0.3, 0.4) is 0 Å². The van der Waals surface area contributed by atoms with E-state index in [0.717, 1.165) is 37.7 Å². The Hall–Kier alpha value is -1.31. The minimum absolute atomic E-state index is 0.0173. The molecule has 25 heavy (non-hydrogen) atoms. The Bertz CT molecular complexity index is 429. The van der Waals surface area contributed by atoms with Gasteiger partial charge in [-0.25, -0.2) is 0 Å². The van der Waals surface area contributed by atoms with Crippen LogP contribution in [-0.4, -0.2) is 5.97 Å². The van der Waals surface area contributed by atoms with Gasteiger partial charge in [-0.2, -0.15) is 0 Å². The smallest absolute Gasteiger partial charge is 0.309 e. The SMILES string of the molecule is CCCCCCC(CCCCCC)C(=O)OC(CC)c1ccccc1. The molecule has 0 amide bonds. The van der Waals surface area contributed by atoms with Gasteiger partial charge in [-0.1, -0.05) is 102 Å². The third-order valence-electron chi connectivity index (χ3n) is 4.95. The van der Waals surface area contributed by atoms with Crippen molar-refractivity contribution in [3.63, 3.8) is 0 Å². The van der Waals surface area contributed by atoms with E-state index in [1.54, 1.807) is 0 Å². The van der Waals surface area contributed by atoms with Crippen LogP contribution in [0.1, 0.15) is 103 Å². The molecule has 1 aromatic carbocycles. The van der Waals surface area contributed by atoms with Gasteiger partial charge in [-0.15, -0.1) is 0 Å². The van der Waals surface area contributed by atoms with Crippen molar-refractivity contribution in [3.8, 4) is 0 Å². The van der Waals surface area contributed by atoms with Crippen LogP contribution in [0.5, 0.6) is 0 Å². The molecule has 0 bridgehead atoms. The van der Waals surface area contributed by atoms with Crippen molar-refractivity contribution in [3.05, 3.63) is 35.9 Å². The fourth-order valence-electron chi connectivity index (χ4n) is 3.31. The Balaban J connectivity index is 2.58. The third-order valence-corrected chi connectivity index (χ3v) is 4.95. The van der Waals surface area contributed by atoms with Crippen molar-refractivity contribution < 1.29 is 9.53 Å². The van der Waals surface area contributed by atoms with E-state index < -0.39 is 0 Å². The van der Waals surface area contributed by atoms with E-state index in [4.69, 9.17) is 4.74 Å². The van der Waals surface area contributed by atoms with Crippen LogP contribution >= 0.6 is 0 Å². The molecule has 2 heteroatoms. The highest BCUT2D eigenvalue weighted by molar-refractivity contribution is 5.72. The van der Waals surface area contributed by atoms with E-state index >= 15 is 0 Å². The summed E-state index contributed by atoms with van der Waals surface area (Å²) in [4.78, 5) is 12.8. The number of carbonyl (C=O) groups excluding carboxylic acids is 1. The van der Waals surface area contributed by atoms with Crippen molar-refractivity contribution in [1.82, 2.24) is 0 Å². The Morgan fingerprint density at radius 2 is 1.40 bits per heavy atom. The molecule has 1 aromatic rings. The molecule has 0 aliphatic heterocycles.